The van der Waals surface area contributed by atoms with Gasteiger partial charge in [0.15, 0.2) is 0 Å². The molecule has 0 amide bonds. The molecule has 3 rings (SSSR count). The molecular weight excluding hydrogens is 304 g/mol. The van der Waals surface area contributed by atoms with Gasteiger partial charge in [0.1, 0.15) is 11.6 Å². The number of imidazole rings is 1. The summed E-state index contributed by atoms with van der Waals surface area (Å²) in [4.78, 5) is 4.14. The topological polar surface area (TPSA) is 29.9 Å². The molecule has 3 nitrogen and oxygen atoms in total. The predicted octanol–water partition coefficient (Wildman–Crippen LogP) is 4.00. The lowest BCUT2D eigenvalue weighted by Crippen LogP contribution is -2.03. The van der Waals surface area contributed by atoms with Gasteiger partial charge in [-0.1, -0.05) is 0 Å². The molecule has 1 aliphatic rings. The second-order valence-corrected chi connectivity index (χ2v) is 5.11. The van der Waals surface area contributed by atoms with Gasteiger partial charge in [-0.3, -0.25) is 0 Å². The molecular formula is C12H10BrF2N3. The van der Waals surface area contributed by atoms with Gasteiger partial charge < -0.3 is 9.88 Å². The summed E-state index contributed by atoms with van der Waals surface area (Å²) in [5, 5.41) is 2.89. The number of benzene rings is 1. The molecule has 1 heterocycles. The molecule has 1 aromatic carbocycles. The van der Waals surface area contributed by atoms with Crippen LogP contribution in [0.15, 0.2) is 29.0 Å². The lowest BCUT2D eigenvalue weighted by molar-refractivity contribution is 0.581. The van der Waals surface area contributed by atoms with E-state index in [2.05, 4.69) is 26.2 Å². The maximum absolute atomic E-state index is 13.6. The van der Waals surface area contributed by atoms with Gasteiger partial charge >= 0.3 is 0 Å². The summed E-state index contributed by atoms with van der Waals surface area (Å²) in [5.74, 6) is -0.681. The van der Waals surface area contributed by atoms with Crippen molar-refractivity contribution in [3.63, 3.8) is 0 Å². The number of aromatic nitrogens is 2. The van der Waals surface area contributed by atoms with Crippen LogP contribution in [0.5, 0.6) is 0 Å². The molecule has 94 valence electrons. The maximum Gasteiger partial charge on any atom is 0.207 e. The molecule has 0 bridgehead atoms. The average molecular weight is 314 g/mol. The maximum atomic E-state index is 13.6. The standard InChI is InChI=1S/C12H10BrF2N3/c13-8-5-11(10(15)6-9(8)14)17-12-16-3-4-18(12)7-1-2-7/h3-7H,1-2H2,(H,16,17). The van der Waals surface area contributed by atoms with Gasteiger partial charge in [-0.25, -0.2) is 13.8 Å². The van der Waals surface area contributed by atoms with E-state index in [0.717, 1.165) is 18.9 Å². The number of hydrogen-bond acceptors (Lipinski definition) is 2. The molecule has 1 aromatic heterocycles. The molecule has 0 aliphatic heterocycles. The number of rotatable bonds is 3. The van der Waals surface area contributed by atoms with Crippen molar-refractivity contribution in [1.29, 1.82) is 0 Å². The number of nitrogens with zero attached hydrogens (tertiary/aromatic N) is 2. The molecule has 0 saturated heterocycles. The highest BCUT2D eigenvalue weighted by Gasteiger charge is 2.25. The minimum Gasteiger partial charge on any atom is -0.323 e. The zero-order chi connectivity index (χ0) is 12.7. The van der Waals surface area contributed by atoms with E-state index in [1.807, 2.05) is 10.8 Å². The Kier molecular flexibility index (Phi) is 2.81. The van der Waals surface area contributed by atoms with E-state index < -0.39 is 11.6 Å². The Labute approximate surface area is 111 Å². The van der Waals surface area contributed by atoms with Gasteiger partial charge in [-0.05, 0) is 34.8 Å². The van der Waals surface area contributed by atoms with E-state index >= 15 is 0 Å². The van der Waals surface area contributed by atoms with Crippen molar-refractivity contribution in [1.82, 2.24) is 9.55 Å². The summed E-state index contributed by atoms with van der Waals surface area (Å²) in [5.41, 5.74) is 0.205. The van der Waals surface area contributed by atoms with Crippen molar-refractivity contribution in [3.05, 3.63) is 40.6 Å². The highest BCUT2D eigenvalue weighted by molar-refractivity contribution is 9.10. The van der Waals surface area contributed by atoms with E-state index in [-0.39, 0.29) is 10.2 Å². The van der Waals surface area contributed by atoms with Crippen molar-refractivity contribution in [3.8, 4) is 0 Å². The number of nitrogens with one attached hydrogen (secondary N) is 1. The lowest BCUT2D eigenvalue weighted by Gasteiger charge is -2.10. The van der Waals surface area contributed by atoms with E-state index in [1.165, 1.54) is 6.07 Å². The van der Waals surface area contributed by atoms with Crippen molar-refractivity contribution >= 4 is 27.6 Å². The molecule has 0 unspecified atom stereocenters. The minimum absolute atomic E-state index is 0.205. The zero-order valence-electron chi connectivity index (χ0n) is 9.33. The number of hydrogen-bond donors (Lipinski definition) is 1. The summed E-state index contributed by atoms with van der Waals surface area (Å²) in [6, 6.07) is 2.66. The first-order valence-electron chi connectivity index (χ1n) is 5.59. The van der Waals surface area contributed by atoms with Crippen LogP contribution in [-0.4, -0.2) is 9.55 Å². The largest absolute Gasteiger partial charge is 0.323 e. The van der Waals surface area contributed by atoms with Gasteiger partial charge in [0.25, 0.3) is 0 Å². The monoisotopic (exact) mass is 313 g/mol. The van der Waals surface area contributed by atoms with E-state index in [0.29, 0.717) is 12.0 Å². The summed E-state index contributed by atoms with van der Waals surface area (Å²) in [6.45, 7) is 0. The van der Waals surface area contributed by atoms with Crippen LogP contribution < -0.4 is 5.32 Å². The number of halogens is 3. The van der Waals surface area contributed by atoms with Crippen LogP contribution in [0.1, 0.15) is 18.9 Å². The van der Waals surface area contributed by atoms with Gasteiger partial charge in [0.2, 0.25) is 5.95 Å². The van der Waals surface area contributed by atoms with E-state index in [1.54, 1.807) is 6.20 Å². The summed E-state index contributed by atoms with van der Waals surface area (Å²) in [6.07, 6.45) is 5.74. The fraction of sp³-hybridized carbons (Fsp3) is 0.250. The van der Waals surface area contributed by atoms with Crippen LogP contribution in [0.3, 0.4) is 0 Å². The van der Waals surface area contributed by atoms with Crippen LogP contribution >= 0.6 is 15.9 Å². The lowest BCUT2D eigenvalue weighted by atomic mass is 10.3. The van der Waals surface area contributed by atoms with Crippen molar-refractivity contribution in [2.45, 2.75) is 18.9 Å². The molecule has 0 spiro atoms. The average Bonchev–Trinajstić information content (AvgIpc) is 3.07. The third kappa shape index (κ3) is 2.12. The van der Waals surface area contributed by atoms with Crippen LogP contribution in [0, 0.1) is 11.6 Å². The Morgan fingerprint density at radius 1 is 1.28 bits per heavy atom. The van der Waals surface area contributed by atoms with Gasteiger partial charge in [-0.2, -0.15) is 0 Å². The Balaban J connectivity index is 1.92. The van der Waals surface area contributed by atoms with Crippen LogP contribution in [0.25, 0.3) is 0 Å². The molecule has 2 aromatic rings. The molecule has 0 atom stereocenters. The van der Waals surface area contributed by atoms with Crippen LogP contribution in [0.2, 0.25) is 0 Å². The van der Waals surface area contributed by atoms with Gasteiger partial charge in [0, 0.05) is 24.5 Å². The van der Waals surface area contributed by atoms with E-state index in [4.69, 9.17) is 0 Å². The highest BCUT2D eigenvalue weighted by Crippen LogP contribution is 2.37. The second-order valence-electron chi connectivity index (χ2n) is 4.26. The Morgan fingerprint density at radius 2 is 2.06 bits per heavy atom. The fourth-order valence-corrected chi connectivity index (χ4v) is 2.14. The Bertz CT molecular complexity index is 593. The number of anilines is 2. The molecule has 1 aliphatic carbocycles. The zero-order valence-corrected chi connectivity index (χ0v) is 10.9. The van der Waals surface area contributed by atoms with Crippen molar-refractivity contribution in [2.75, 3.05) is 5.32 Å². The molecule has 6 heteroatoms. The fourth-order valence-electron chi connectivity index (χ4n) is 1.80. The molecule has 1 N–H and O–H groups in total. The normalized spacial score (nSPS) is 14.8. The third-order valence-electron chi connectivity index (χ3n) is 2.87. The van der Waals surface area contributed by atoms with Crippen molar-refractivity contribution < 1.29 is 8.78 Å². The molecule has 1 saturated carbocycles. The summed E-state index contributed by atoms with van der Waals surface area (Å²) < 4.78 is 28.9. The Morgan fingerprint density at radius 3 is 2.78 bits per heavy atom. The first-order valence-corrected chi connectivity index (χ1v) is 6.39. The summed E-state index contributed by atoms with van der Waals surface area (Å²) >= 11 is 3.04. The SMILES string of the molecule is Fc1cc(F)c(Nc2nccn2C2CC2)cc1Br. The van der Waals surface area contributed by atoms with Gasteiger partial charge in [-0.15, -0.1) is 0 Å². The van der Waals surface area contributed by atoms with E-state index in [9.17, 15) is 8.78 Å². The summed E-state index contributed by atoms with van der Waals surface area (Å²) in [7, 11) is 0. The first kappa shape index (κ1) is 11.6. The highest BCUT2D eigenvalue weighted by atomic mass is 79.9. The quantitative estimate of drug-likeness (QED) is 0.868. The third-order valence-corrected chi connectivity index (χ3v) is 3.47. The van der Waals surface area contributed by atoms with Gasteiger partial charge in [0.05, 0.1) is 10.2 Å². The molecule has 0 radical (unpaired) electrons. The molecule has 18 heavy (non-hydrogen) atoms. The predicted molar refractivity (Wildman–Crippen MR) is 67.8 cm³/mol. The van der Waals surface area contributed by atoms with Crippen LogP contribution in [0.4, 0.5) is 20.4 Å². The smallest absolute Gasteiger partial charge is 0.207 e. The first-order chi connectivity index (χ1) is 8.65. The second kappa shape index (κ2) is 4.35. The van der Waals surface area contributed by atoms with Crippen molar-refractivity contribution in [2.24, 2.45) is 0 Å². The minimum atomic E-state index is -0.638. The molecule has 1 fully saturated rings. The Hall–Kier alpha value is -1.43. The van der Waals surface area contributed by atoms with Crippen LogP contribution in [-0.2, 0) is 0 Å².